The van der Waals surface area contributed by atoms with Crippen LogP contribution < -0.4 is 0 Å². The Kier molecular flexibility index (Phi) is 24.6. The van der Waals surface area contributed by atoms with E-state index >= 15 is 0 Å². The first-order chi connectivity index (χ1) is 15.5. The van der Waals surface area contributed by atoms with Crippen molar-refractivity contribution in [3.63, 3.8) is 0 Å². The molecule has 0 aliphatic heterocycles. The van der Waals surface area contributed by atoms with E-state index in [1.54, 1.807) is 0 Å². The van der Waals surface area contributed by atoms with Crippen LogP contribution in [0.1, 0.15) is 150 Å². The summed E-state index contributed by atoms with van der Waals surface area (Å²) in [5.41, 5.74) is -0.0820. The summed E-state index contributed by atoms with van der Waals surface area (Å²) in [4.78, 5) is 0. The zero-order valence-corrected chi connectivity index (χ0v) is 23.7. The van der Waals surface area contributed by atoms with Gasteiger partial charge in [0.2, 0.25) is 0 Å². The Morgan fingerprint density at radius 1 is 0.594 bits per heavy atom. The average Bonchev–Trinajstić information content (AvgIpc) is 2.75. The van der Waals surface area contributed by atoms with Crippen molar-refractivity contribution in [3.05, 3.63) is 0 Å². The zero-order chi connectivity index (χ0) is 23.8. The quantitative estimate of drug-likeness (QED) is 0.123. The lowest BCUT2D eigenvalue weighted by atomic mass is 10.1. The fourth-order valence-corrected chi connectivity index (χ4v) is 4.91. The minimum absolute atomic E-state index is 0.0820. The van der Waals surface area contributed by atoms with Crippen molar-refractivity contribution in [2.24, 2.45) is 0 Å². The standard InChI is InChI=1S/C29H60O2S/c1-6-8-10-12-14-16-17-19-21-23-25-32-27-28(26-31-29(3,4)5)30-24-22-20-18-15-13-11-9-7-2/h28H,6-27H2,1-5H3. The summed E-state index contributed by atoms with van der Waals surface area (Å²) in [6, 6.07) is 0. The van der Waals surface area contributed by atoms with Crippen molar-refractivity contribution < 1.29 is 9.47 Å². The molecular weight excluding hydrogens is 412 g/mol. The third kappa shape index (κ3) is 26.5. The number of unbranched alkanes of at least 4 members (excludes halogenated alkanes) is 16. The van der Waals surface area contributed by atoms with Crippen molar-refractivity contribution in [1.29, 1.82) is 0 Å². The number of hydrogen-bond donors (Lipinski definition) is 0. The van der Waals surface area contributed by atoms with Crippen LogP contribution in [-0.2, 0) is 9.47 Å². The molecule has 0 saturated carbocycles. The van der Waals surface area contributed by atoms with Crippen LogP contribution in [0.15, 0.2) is 0 Å². The van der Waals surface area contributed by atoms with Crippen LogP contribution in [0.5, 0.6) is 0 Å². The molecular formula is C29H60O2S. The molecule has 0 heterocycles. The highest BCUT2D eigenvalue weighted by Crippen LogP contribution is 2.16. The molecule has 0 radical (unpaired) electrons. The van der Waals surface area contributed by atoms with Crippen LogP contribution in [0.25, 0.3) is 0 Å². The second-order valence-corrected chi connectivity index (χ2v) is 11.8. The molecule has 0 N–H and O–H groups in total. The molecule has 0 aliphatic carbocycles. The van der Waals surface area contributed by atoms with Crippen molar-refractivity contribution in [2.75, 3.05) is 24.7 Å². The molecule has 0 aromatic rings. The number of thioether (sulfide) groups is 1. The Labute approximate surface area is 207 Å². The largest absolute Gasteiger partial charge is 0.375 e. The van der Waals surface area contributed by atoms with E-state index in [2.05, 4.69) is 46.4 Å². The number of ether oxygens (including phenoxy) is 2. The Balaban J connectivity index is 3.73. The van der Waals surface area contributed by atoms with Crippen LogP contribution in [-0.4, -0.2) is 36.4 Å². The topological polar surface area (TPSA) is 18.5 Å². The van der Waals surface area contributed by atoms with E-state index in [1.165, 1.54) is 121 Å². The van der Waals surface area contributed by atoms with E-state index in [-0.39, 0.29) is 11.7 Å². The second kappa shape index (κ2) is 24.4. The van der Waals surface area contributed by atoms with Gasteiger partial charge in [0.1, 0.15) is 0 Å². The first-order valence-electron chi connectivity index (χ1n) is 14.3. The van der Waals surface area contributed by atoms with Gasteiger partial charge in [-0.1, -0.05) is 117 Å². The van der Waals surface area contributed by atoms with Crippen molar-refractivity contribution in [2.45, 2.75) is 162 Å². The molecule has 1 unspecified atom stereocenters. The molecule has 0 spiro atoms. The van der Waals surface area contributed by atoms with Gasteiger partial charge in [-0.05, 0) is 39.4 Å². The highest BCUT2D eigenvalue weighted by molar-refractivity contribution is 7.99. The van der Waals surface area contributed by atoms with Crippen LogP contribution in [0.4, 0.5) is 0 Å². The Bertz CT molecular complexity index is 354. The van der Waals surface area contributed by atoms with E-state index in [1.807, 2.05) is 0 Å². The monoisotopic (exact) mass is 472 g/mol. The van der Waals surface area contributed by atoms with Gasteiger partial charge in [-0.2, -0.15) is 11.8 Å². The minimum Gasteiger partial charge on any atom is -0.375 e. The van der Waals surface area contributed by atoms with Gasteiger partial charge in [0.05, 0.1) is 18.3 Å². The van der Waals surface area contributed by atoms with E-state index in [0.29, 0.717) is 0 Å². The van der Waals surface area contributed by atoms with Crippen molar-refractivity contribution in [3.8, 4) is 0 Å². The van der Waals surface area contributed by atoms with Crippen LogP contribution in [0.3, 0.4) is 0 Å². The highest BCUT2D eigenvalue weighted by Gasteiger charge is 2.16. The summed E-state index contributed by atoms with van der Waals surface area (Å²) < 4.78 is 12.3. The lowest BCUT2D eigenvalue weighted by Gasteiger charge is -2.24. The fourth-order valence-electron chi connectivity index (χ4n) is 3.88. The Morgan fingerprint density at radius 3 is 1.50 bits per heavy atom. The average molecular weight is 473 g/mol. The maximum absolute atomic E-state index is 6.24. The van der Waals surface area contributed by atoms with Crippen LogP contribution in [0.2, 0.25) is 0 Å². The van der Waals surface area contributed by atoms with E-state index in [9.17, 15) is 0 Å². The third-order valence-electron chi connectivity index (χ3n) is 6.00. The molecule has 1 atom stereocenters. The predicted molar refractivity (Wildman–Crippen MR) is 147 cm³/mol. The molecule has 0 aromatic heterocycles. The van der Waals surface area contributed by atoms with Gasteiger partial charge in [-0.3, -0.25) is 0 Å². The summed E-state index contributed by atoms with van der Waals surface area (Å²) in [7, 11) is 0. The first kappa shape index (κ1) is 32.3. The minimum atomic E-state index is -0.0820. The maximum atomic E-state index is 6.24. The van der Waals surface area contributed by atoms with Crippen molar-refractivity contribution >= 4 is 11.8 Å². The van der Waals surface area contributed by atoms with E-state index in [4.69, 9.17) is 9.47 Å². The summed E-state index contributed by atoms with van der Waals surface area (Å²) in [6.45, 7) is 12.6. The van der Waals surface area contributed by atoms with Gasteiger partial charge in [0.25, 0.3) is 0 Å². The molecule has 0 amide bonds. The van der Waals surface area contributed by atoms with E-state index < -0.39 is 0 Å². The van der Waals surface area contributed by atoms with Gasteiger partial charge in [-0.15, -0.1) is 0 Å². The summed E-state index contributed by atoms with van der Waals surface area (Å²) in [5.74, 6) is 2.34. The normalized spacial score (nSPS) is 13.0. The first-order valence-corrected chi connectivity index (χ1v) is 15.5. The maximum Gasteiger partial charge on any atom is 0.0898 e. The Hall–Kier alpha value is 0.270. The predicted octanol–water partition coefficient (Wildman–Crippen LogP) is 9.98. The Morgan fingerprint density at radius 2 is 1.03 bits per heavy atom. The molecule has 194 valence electrons. The molecule has 2 nitrogen and oxygen atoms in total. The molecule has 0 fully saturated rings. The van der Waals surface area contributed by atoms with Gasteiger partial charge in [-0.25, -0.2) is 0 Å². The van der Waals surface area contributed by atoms with Gasteiger partial charge in [0.15, 0.2) is 0 Å². The van der Waals surface area contributed by atoms with Gasteiger partial charge < -0.3 is 9.47 Å². The molecule has 0 aromatic carbocycles. The van der Waals surface area contributed by atoms with Crippen molar-refractivity contribution in [1.82, 2.24) is 0 Å². The molecule has 0 rings (SSSR count). The smallest absolute Gasteiger partial charge is 0.0898 e. The molecule has 3 heteroatoms. The number of rotatable bonds is 25. The lowest BCUT2D eigenvalue weighted by molar-refractivity contribution is -0.0652. The van der Waals surface area contributed by atoms with Gasteiger partial charge in [0, 0.05) is 12.4 Å². The summed E-state index contributed by atoms with van der Waals surface area (Å²) in [5, 5.41) is 0. The molecule has 0 aliphatic rings. The fraction of sp³-hybridized carbons (Fsp3) is 1.00. The third-order valence-corrected chi connectivity index (χ3v) is 7.18. The lowest BCUT2D eigenvalue weighted by Crippen LogP contribution is -2.30. The molecule has 32 heavy (non-hydrogen) atoms. The highest BCUT2D eigenvalue weighted by atomic mass is 32.2. The van der Waals surface area contributed by atoms with Crippen LogP contribution in [0, 0.1) is 0 Å². The second-order valence-electron chi connectivity index (χ2n) is 10.6. The van der Waals surface area contributed by atoms with Gasteiger partial charge >= 0.3 is 0 Å². The molecule has 0 saturated heterocycles. The number of hydrogen-bond acceptors (Lipinski definition) is 3. The SMILES string of the molecule is CCCCCCCCCCCCSCC(COC(C)(C)C)OCCCCCCCCCC. The van der Waals surface area contributed by atoms with Crippen LogP contribution >= 0.6 is 11.8 Å². The summed E-state index contributed by atoms with van der Waals surface area (Å²) in [6.07, 6.45) is 25.2. The van der Waals surface area contributed by atoms with E-state index in [0.717, 1.165) is 19.0 Å². The zero-order valence-electron chi connectivity index (χ0n) is 22.9. The molecule has 0 bridgehead atoms. The summed E-state index contributed by atoms with van der Waals surface area (Å²) >= 11 is 2.06.